The number of hydrogen-bond acceptors (Lipinski definition) is 4. The second-order valence-electron chi connectivity index (χ2n) is 5.98. The zero-order valence-electron chi connectivity index (χ0n) is 14.3. The van der Waals surface area contributed by atoms with Crippen LogP contribution in [0.1, 0.15) is 5.69 Å². The van der Waals surface area contributed by atoms with Gasteiger partial charge in [0.15, 0.2) is 0 Å². The third-order valence-electron chi connectivity index (χ3n) is 4.14. The average molecular weight is 399 g/mol. The first-order valence-electron chi connectivity index (χ1n) is 8.12. The summed E-state index contributed by atoms with van der Waals surface area (Å²) in [4.78, 5) is 8.90. The number of anilines is 1. The third kappa shape index (κ3) is 3.39. The van der Waals surface area contributed by atoms with E-state index in [0.29, 0.717) is 16.5 Å². The molecule has 0 aliphatic rings. The molecule has 1 N–H and O–H groups in total. The lowest BCUT2D eigenvalue weighted by molar-refractivity contribution is 0.601. The van der Waals surface area contributed by atoms with Crippen molar-refractivity contribution in [1.29, 1.82) is 0 Å². The van der Waals surface area contributed by atoms with Crippen molar-refractivity contribution in [2.75, 3.05) is 4.72 Å². The van der Waals surface area contributed by atoms with Crippen LogP contribution < -0.4 is 4.72 Å². The molecule has 0 spiro atoms. The summed E-state index contributed by atoms with van der Waals surface area (Å²) in [6.45, 7) is 1.94. The van der Waals surface area contributed by atoms with Crippen molar-refractivity contribution in [1.82, 2.24) is 14.4 Å². The molecule has 0 bridgehead atoms. The molecule has 2 aromatic heterocycles. The molecule has 136 valence electrons. The summed E-state index contributed by atoms with van der Waals surface area (Å²) >= 11 is 5.91. The fourth-order valence-electron chi connectivity index (χ4n) is 2.85. The zero-order valence-corrected chi connectivity index (χ0v) is 15.9. The third-order valence-corrected chi connectivity index (χ3v) is 5.75. The Labute approximate surface area is 161 Å². The molecular weight excluding hydrogens is 384 g/mol. The maximum Gasteiger partial charge on any atom is 0.261 e. The molecule has 0 aliphatic carbocycles. The largest absolute Gasteiger partial charge is 0.288 e. The van der Waals surface area contributed by atoms with Gasteiger partial charge >= 0.3 is 0 Å². The van der Waals surface area contributed by atoms with E-state index in [9.17, 15) is 8.42 Å². The summed E-state index contributed by atoms with van der Waals surface area (Å²) in [5.74, 6) is 0.593. The van der Waals surface area contributed by atoms with Gasteiger partial charge in [-0.15, -0.1) is 0 Å². The highest BCUT2D eigenvalue weighted by Gasteiger charge is 2.16. The maximum atomic E-state index is 12.6. The van der Waals surface area contributed by atoms with Crippen LogP contribution in [0.5, 0.6) is 0 Å². The highest BCUT2D eigenvalue weighted by atomic mass is 35.5. The Hall–Kier alpha value is -2.90. The Morgan fingerprint density at radius 3 is 2.67 bits per heavy atom. The molecule has 2 heterocycles. The first-order valence-corrected chi connectivity index (χ1v) is 9.99. The monoisotopic (exact) mass is 398 g/mol. The summed E-state index contributed by atoms with van der Waals surface area (Å²) < 4.78 is 29.7. The molecule has 2 aromatic carbocycles. The molecule has 0 atom stereocenters. The van der Waals surface area contributed by atoms with Crippen molar-refractivity contribution >= 4 is 33.1 Å². The number of nitrogens with zero attached hydrogens (tertiary/aromatic N) is 3. The smallest absolute Gasteiger partial charge is 0.261 e. The van der Waals surface area contributed by atoms with E-state index in [1.165, 1.54) is 12.1 Å². The van der Waals surface area contributed by atoms with Crippen LogP contribution in [0.15, 0.2) is 71.9 Å². The van der Waals surface area contributed by atoms with Crippen LogP contribution in [0.4, 0.5) is 5.69 Å². The van der Waals surface area contributed by atoms with Gasteiger partial charge in [-0.25, -0.2) is 18.4 Å². The number of halogens is 1. The highest BCUT2D eigenvalue weighted by Crippen LogP contribution is 2.27. The van der Waals surface area contributed by atoms with E-state index in [1.807, 2.05) is 29.7 Å². The molecule has 8 heteroatoms. The van der Waals surface area contributed by atoms with Crippen molar-refractivity contribution in [2.24, 2.45) is 0 Å². The SMILES string of the molecule is Cc1c(-c2cccc(NS(=O)(=O)c3cccc(Cl)c3)c2)nc2ncccn12. The second-order valence-corrected chi connectivity index (χ2v) is 8.10. The van der Waals surface area contributed by atoms with Crippen molar-refractivity contribution in [3.05, 3.63) is 77.7 Å². The predicted molar refractivity (Wildman–Crippen MR) is 105 cm³/mol. The first kappa shape index (κ1) is 17.5. The Kier molecular flexibility index (Phi) is 4.33. The molecule has 0 saturated heterocycles. The van der Waals surface area contributed by atoms with Gasteiger partial charge in [0.05, 0.1) is 10.6 Å². The van der Waals surface area contributed by atoms with E-state index in [1.54, 1.807) is 36.5 Å². The molecular formula is C19H15ClN4O2S. The van der Waals surface area contributed by atoms with Crippen LogP contribution >= 0.6 is 11.6 Å². The number of fused-ring (bicyclic) bond motifs is 1. The Morgan fingerprint density at radius 2 is 1.89 bits per heavy atom. The summed E-state index contributed by atoms with van der Waals surface area (Å²) in [6.07, 6.45) is 3.57. The van der Waals surface area contributed by atoms with Gasteiger partial charge in [-0.05, 0) is 43.3 Å². The van der Waals surface area contributed by atoms with Gasteiger partial charge in [0.2, 0.25) is 5.78 Å². The van der Waals surface area contributed by atoms with Gasteiger partial charge < -0.3 is 0 Å². The average Bonchev–Trinajstić information content (AvgIpc) is 2.99. The predicted octanol–water partition coefficient (Wildman–Crippen LogP) is 4.16. The Morgan fingerprint density at radius 1 is 1.07 bits per heavy atom. The van der Waals surface area contributed by atoms with Crippen molar-refractivity contribution < 1.29 is 8.42 Å². The van der Waals surface area contributed by atoms with Gasteiger partial charge in [0.25, 0.3) is 10.0 Å². The number of hydrogen-bond donors (Lipinski definition) is 1. The van der Waals surface area contributed by atoms with Crippen LogP contribution in [0, 0.1) is 6.92 Å². The Bertz CT molecular complexity index is 1250. The van der Waals surface area contributed by atoms with E-state index in [2.05, 4.69) is 14.7 Å². The molecule has 4 aromatic rings. The minimum Gasteiger partial charge on any atom is -0.288 e. The normalized spacial score (nSPS) is 11.6. The number of benzene rings is 2. The second kappa shape index (κ2) is 6.68. The van der Waals surface area contributed by atoms with Crippen LogP contribution in [-0.4, -0.2) is 22.8 Å². The van der Waals surface area contributed by atoms with Crippen LogP contribution in [0.2, 0.25) is 5.02 Å². The lowest BCUT2D eigenvalue weighted by Crippen LogP contribution is -2.12. The minimum atomic E-state index is -3.74. The van der Waals surface area contributed by atoms with Gasteiger partial charge in [-0.3, -0.25) is 9.12 Å². The van der Waals surface area contributed by atoms with Crippen LogP contribution in [0.25, 0.3) is 17.0 Å². The molecule has 0 radical (unpaired) electrons. The number of sulfonamides is 1. The summed E-state index contributed by atoms with van der Waals surface area (Å²) in [6, 6.07) is 15.1. The number of nitrogens with one attached hydrogen (secondary N) is 1. The van der Waals surface area contributed by atoms with Crippen molar-refractivity contribution in [3.63, 3.8) is 0 Å². The summed E-state index contributed by atoms with van der Waals surface area (Å²) in [5.41, 5.74) is 2.91. The molecule has 0 amide bonds. The quantitative estimate of drug-likeness (QED) is 0.560. The fraction of sp³-hybridized carbons (Fsp3) is 0.0526. The van der Waals surface area contributed by atoms with Crippen molar-refractivity contribution in [3.8, 4) is 11.3 Å². The number of imidazole rings is 1. The first-order chi connectivity index (χ1) is 12.9. The molecule has 4 rings (SSSR count). The molecule has 6 nitrogen and oxygen atoms in total. The molecule has 0 aliphatic heterocycles. The topological polar surface area (TPSA) is 76.4 Å². The van der Waals surface area contributed by atoms with E-state index >= 15 is 0 Å². The number of rotatable bonds is 4. The van der Waals surface area contributed by atoms with Crippen LogP contribution in [-0.2, 0) is 10.0 Å². The van der Waals surface area contributed by atoms with E-state index in [0.717, 1.165) is 17.0 Å². The fourth-order valence-corrected chi connectivity index (χ4v) is 4.20. The van der Waals surface area contributed by atoms with Crippen molar-refractivity contribution in [2.45, 2.75) is 11.8 Å². The molecule has 0 saturated carbocycles. The zero-order chi connectivity index (χ0) is 19.0. The van der Waals surface area contributed by atoms with Gasteiger partial charge in [0.1, 0.15) is 0 Å². The maximum absolute atomic E-state index is 12.6. The van der Waals surface area contributed by atoms with Gasteiger partial charge in [-0.2, -0.15) is 0 Å². The lowest BCUT2D eigenvalue weighted by atomic mass is 10.1. The molecule has 27 heavy (non-hydrogen) atoms. The van der Waals surface area contributed by atoms with Crippen LogP contribution in [0.3, 0.4) is 0 Å². The van der Waals surface area contributed by atoms with Gasteiger partial charge in [0, 0.05) is 34.4 Å². The summed E-state index contributed by atoms with van der Waals surface area (Å²) in [5, 5.41) is 0.361. The number of aryl methyl sites for hydroxylation is 1. The van der Waals surface area contributed by atoms with Gasteiger partial charge in [-0.1, -0.05) is 29.8 Å². The standard InChI is InChI=1S/C19H15ClN4O2S/c1-13-18(22-19-21-9-4-10-24(13)19)14-5-2-7-16(11-14)23-27(25,26)17-8-3-6-15(20)12-17/h2-12,23H,1H3. The Balaban J connectivity index is 1.71. The van der Waals surface area contributed by atoms with E-state index in [-0.39, 0.29) is 4.90 Å². The minimum absolute atomic E-state index is 0.105. The molecule has 0 fully saturated rings. The van der Waals surface area contributed by atoms with E-state index < -0.39 is 10.0 Å². The lowest BCUT2D eigenvalue weighted by Gasteiger charge is -2.09. The molecule has 0 unspecified atom stereocenters. The summed E-state index contributed by atoms with van der Waals surface area (Å²) in [7, 11) is -3.74. The number of aromatic nitrogens is 3. The highest BCUT2D eigenvalue weighted by molar-refractivity contribution is 7.92. The van der Waals surface area contributed by atoms with E-state index in [4.69, 9.17) is 11.6 Å².